The maximum atomic E-state index is 12.1. The van der Waals surface area contributed by atoms with Gasteiger partial charge in [-0.3, -0.25) is 4.79 Å². The highest BCUT2D eigenvalue weighted by Gasteiger charge is 2.30. The van der Waals surface area contributed by atoms with Crippen molar-refractivity contribution in [3.63, 3.8) is 0 Å². The molecule has 0 aromatic carbocycles. The molecule has 0 saturated heterocycles. The first-order chi connectivity index (χ1) is 9.65. The minimum absolute atomic E-state index is 0.0485. The summed E-state index contributed by atoms with van der Waals surface area (Å²) < 4.78 is 6.58. The van der Waals surface area contributed by atoms with E-state index in [1.54, 1.807) is 24.1 Å². The summed E-state index contributed by atoms with van der Waals surface area (Å²) in [6.45, 7) is 2.01. The van der Waals surface area contributed by atoms with Crippen molar-refractivity contribution in [2.75, 3.05) is 39.3 Å². The van der Waals surface area contributed by atoms with Gasteiger partial charge in [-0.2, -0.15) is 5.10 Å². The van der Waals surface area contributed by atoms with Crippen LogP contribution in [0, 0.1) is 5.92 Å². The molecule has 1 heterocycles. The van der Waals surface area contributed by atoms with Crippen LogP contribution >= 0.6 is 0 Å². The van der Waals surface area contributed by atoms with Gasteiger partial charge in [-0.1, -0.05) is 0 Å². The highest BCUT2D eigenvalue weighted by Crippen LogP contribution is 2.32. The molecular formula is C14H24N4O2. The summed E-state index contributed by atoms with van der Waals surface area (Å²) >= 11 is 0. The number of likely N-dealkylation sites (N-methyl/N-ethyl adjacent to an activating group) is 2. The first-order valence-electron chi connectivity index (χ1n) is 7.10. The van der Waals surface area contributed by atoms with Gasteiger partial charge in [0.2, 0.25) is 0 Å². The average molecular weight is 280 g/mol. The molecule has 1 aliphatic rings. The van der Waals surface area contributed by atoms with Crippen molar-refractivity contribution in [2.45, 2.75) is 25.4 Å². The summed E-state index contributed by atoms with van der Waals surface area (Å²) in [5.74, 6) is 0.692. The fourth-order valence-electron chi connectivity index (χ4n) is 2.29. The number of hydrogen-bond acceptors (Lipinski definition) is 5. The second-order valence-corrected chi connectivity index (χ2v) is 5.38. The number of rotatable bonds is 8. The van der Waals surface area contributed by atoms with Crippen LogP contribution in [-0.4, -0.2) is 50.2 Å². The third-order valence-electron chi connectivity index (χ3n) is 3.86. The van der Waals surface area contributed by atoms with Crippen LogP contribution < -0.4 is 15.8 Å². The predicted molar refractivity (Wildman–Crippen MR) is 79.2 cm³/mol. The Morgan fingerprint density at radius 3 is 2.90 bits per heavy atom. The molecule has 1 aromatic heterocycles. The van der Waals surface area contributed by atoms with E-state index in [9.17, 15) is 4.79 Å². The summed E-state index contributed by atoms with van der Waals surface area (Å²) in [5.41, 5.74) is 0.781. The SMILES string of the molecule is CNC(Cn1ncc(N(C)CCOC)cc1=O)C1CC1. The summed E-state index contributed by atoms with van der Waals surface area (Å²) in [7, 11) is 5.54. The summed E-state index contributed by atoms with van der Waals surface area (Å²) in [6, 6.07) is 1.99. The van der Waals surface area contributed by atoms with E-state index in [0.717, 1.165) is 12.2 Å². The maximum Gasteiger partial charge on any atom is 0.268 e. The van der Waals surface area contributed by atoms with Crippen molar-refractivity contribution in [1.82, 2.24) is 15.1 Å². The second kappa shape index (κ2) is 6.85. The van der Waals surface area contributed by atoms with Crippen LogP contribution in [0.3, 0.4) is 0 Å². The monoisotopic (exact) mass is 280 g/mol. The molecule has 0 bridgehead atoms. The van der Waals surface area contributed by atoms with E-state index in [0.29, 0.717) is 25.1 Å². The Balaban J connectivity index is 2.03. The van der Waals surface area contributed by atoms with Gasteiger partial charge in [-0.05, 0) is 25.8 Å². The van der Waals surface area contributed by atoms with Crippen LogP contribution in [0.2, 0.25) is 0 Å². The van der Waals surface area contributed by atoms with Crippen LogP contribution in [0.4, 0.5) is 5.69 Å². The van der Waals surface area contributed by atoms with E-state index in [1.165, 1.54) is 12.8 Å². The quantitative estimate of drug-likeness (QED) is 0.743. The van der Waals surface area contributed by atoms with Gasteiger partial charge in [0.1, 0.15) is 0 Å². The molecule has 0 spiro atoms. The molecule has 0 aliphatic heterocycles. The van der Waals surface area contributed by atoms with Crippen molar-refractivity contribution in [1.29, 1.82) is 0 Å². The fourth-order valence-corrected chi connectivity index (χ4v) is 2.29. The topological polar surface area (TPSA) is 59.4 Å². The number of aromatic nitrogens is 2. The third kappa shape index (κ3) is 3.80. The van der Waals surface area contributed by atoms with Gasteiger partial charge in [-0.15, -0.1) is 0 Å². The van der Waals surface area contributed by atoms with Crippen LogP contribution in [-0.2, 0) is 11.3 Å². The Hall–Kier alpha value is -1.40. The molecule has 20 heavy (non-hydrogen) atoms. The van der Waals surface area contributed by atoms with Crippen molar-refractivity contribution in [3.8, 4) is 0 Å². The molecule has 1 unspecified atom stereocenters. The Kier molecular flexibility index (Phi) is 5.14. The molecular weight excluding hydrogens is 256 g/mol. The fraction of sp³-hybridized carbons (Fsp3) is 0.714. The number of nitrogens with one attached hydrogen (secondary N) is 1. The van der Waals surface area contributed by atoms with E-state index in [-0.39, 0.29) is 5.56 Å². The lowest BCUT2D eigenvalue weighted by molar-refractivity contribution is 0.206. The minimum Gasteiger partial charge on any atom is -0.383 e. The lowest BCUT2D eigenvalue weighted by atomic mass is 10.2. The summed E-state index contributed by atoms with van der Waals surface area (Å²) in [6.07, 6.45) is 4.24. The van der Waals surface area contributed by atoms with Gasteiger partial charge >= 0.3 is 0 Å². The first kappa shape index (κ1) is 15.0. The predicted octanol–water partition coefficient (Wildman–Crippen LogP) is 0.324. The molecule has 1 N–H and O–H groups in total. The smallest absolute Gasteiger partial charge is 0.268 e. The Labute approximate surface area is 119 Å². The molecule has 0 radical (unpaired) electrons. The largest absolute Gasteiger partial charge is 0.383 e. The van der Waals surface area contributed by atoms with Gasteiger partial charge in [-0.25, -0.2) is 4.68 Å². The van der Waals surface area contributed by atoms with E-state index < -0.39 is 0 Å². The Morgan fingerprint density at radius 1 is 1.60 bits per heavy atom. The second-order valence-electron chi connectivity index (χ2n) is 5.38. The molecule has 1 atom stereocenters. The lowest BCUT2D eigenvalue weighted by Gasteiger charge is -2.20. The van der Waals surface area contributed by atoms with Crippen LogP contribution in [0.1, 0.15) is 12.8 Å². The highest BCUT2D eigenvalue weighted by atomic mass is 16.5. The molecule has 6 nitrogen and oxygen atoms in total. The van der Waals surface area contributed by atoms with Crippen molar-refractivity contribution < 1.29 is 4.74 Å². The van der Waals surface area contributed by atoms with Gasteiger partial charge < -0.3 is 15.0 Å². The molecule has 2 rings (SSSR count). The van der Waals surface area contributed by atoms with E-state index >= 15 is 0 Å². The van der Waals surface area contributed by atoms with E-state index in [1.807, 2.05) is 19.0 Å². The maximum absolute atomic E-state index is 12.1. The summed E-state index contributed by atoms with van der Waals surface area (Å²) in [5, 5.41) is 7.57. The zero-order valence-electron chi connectivity index (χ0n) is 12.5. The molecule has 112 valence electrons. The zero-order chi connectivity index (χ0) is 14.5. The third-order valence-corrected chi connectivity index (χ3v) is 3.86. The Morgan fingerprint density at radius 2 is 2.35 bits per heavy atom. The molecule has 1 fully saturated rings. The molecule has 6 heteroatoms. The zero-order valence-corrected chi connectivity index (χ0v) is 12.5. The van der Waals surface area contributed by atoms with Crippen molar-refractivity contribution in [2.24, 2.45) is 5.92 Å². The molecule has 1 saturated carbocycles. The normalized spacial score (nSPS) is 16.1. The average Bonchev–Trinajstić information content (AvgIpc) is 3.28. The number of methoxy groups -OCH3 is 1. The molecule has 0 amide bonds. The van der Waals surface area contributed by atoms with Gasteiger partial charge in [0.25, 0.3) is 5.56 Å². The highest BCUT2D eigenvalue weighted by molar-refractivity contribution is 5.41. The molecule has 1 aliphatic carbocycles. The first-order valence-corrected chi connectivity index (χ1v) is 7.10. The minimum atomic E-state index is -0.0485. The Bertz CT molecular complexity index is 484. The number of hydrogen-bond donors (Lipinski definition) is 1. The lowest BCUT2D eigenvalue weighted by Crippen LogP contribution is -2.37. The van der Waals surface area contributed by atoms with Crippen LogP contribution in [0.15, 0.2) is 17.1 Å². The van der Waals surface area contributed by atoms with E-state index in [4.69, 9.17) is 4.74 Å². The summed E-state index contributed by atoms with van der Waals surface area (Å²) in [4.78, 5) is 14.1. The van der Waals surface area contributed by atoms with Gasteiger partial charge in [0.15, 0.2) is 0 Å². The van der Waals surface area contributed by atoms with Gasteiger partial charge in [0, 0.05) is 32.8 Å². The number of nitrogens with zero attached hydrogens (tertiary/aromatic N) is 3. The molecule has 1 aromatic rings. The van der Waals surface area contributed by atoms with Crippen molar-refractivity contribution in [3.05, 3.63) is 22.6 Å². The number of ether oxygens (including phenoxy) is 1. The van der Waals surface area contributed by atoms with Crippen LogP contribution in [0.5, 0.6) is 0 Å². The number of anilines is 1. The van der Waals surface area contributed by atoms with Gasteiger partial charge in [0.05, 0.1) is 25.0 Å². The standard InChI is InChI=1S/C14H24N4O2/c1-15-13(11-4-5-11)10-18-14(19)8-12(9-16-18)17(2)6-7-20-3/h8-9,11,13,15H,4-7,10H2,1-3H3. The van der Waals surface area contributed by atoms with E-state index in [2.05, 4.69) is 10.4 Å². The van der Waals surface area contributed by atoms with Crippen LogP contribution in [0.25, 0.3) is 0 Å². The van der Waals surface area contributed by atoms with Crippen molar-refractivity contribution >= 4 is 5.69 Å².